The highest BCUT2D eigenvalue weighted by molar-refractivity contribution is 6.15. The van der Waals surface area contributed by atoms with Gasteiger partial charge in [-0.3, -0.25) is 0 Å². The van der Waals surface area contributed by atoms with Gasteiger partial charge in [0.2, 0.25) is 0 Å². The number of fused-ring (bicyclic) bond motifs is 16. The van der Waals surface area contributed by atoms with Crippen molar-refractivity contribution in [1.82, 2.24) is 9.13 Å². The van der Waals surface area contributed by atoms with Crippen LogP contribution >= 0.6 is 0 Å². The van der Waals surface area contributed by atoms with Gasteiger partial charge in [-0.1, -0.05) is 211 Å². The molecule has 0 amide bonds. The van der Waals surface area contributed by atoms with Gasteiger partial charge in [-0.15, -0.1) is 0 Å². The first kappa shape index (κ1) is 39.5. The van der Waals surface area contributed by atoms with E-state index in [9.17, 15) is 0 Å². The lowest BCUT2D eigenvalue weighted by atomic mass is 9.39. The smallest absolute Gasteiger partial charge is 0.0544 e. The molecular formula is C66H52N2. The van der Waals surface area contributed by atoms with E-state index in [1.165, 1.54) is 121 Å². The number of rotatable bonds is 3. The second-order valence-electron chi connectivity index (χ2n) is 21.6. The maximum atomic E-state index is 2.66. The molecule has 2 aliphatic carbocycles. The highest BCUT2D eigenvalue weighted by Gasteiger charge is 2.71. The van der Waals surface area contributed by atoms with Crippen LogP contribution in [0.1, 0.15) is 63.8 Å². The van der Waals surface area contributed by atoms with Crippen LogP contribution in [-0.4, -0.2) is 9.13 Å². The van der Waals surface area contributed by atoms with Crippen molar-refractivity contribution in [2.45, 2.75) is 52.4 Å². The molecule has 14 rings (SSSR count). The largest absolute Gasteiger partial charge is 0.309 e. The Hall–Kier alpha value is -7.68. The summed E-state index contributed by atoms with van der Waals surface area (Å²) in [5.41, 5.74) is 16.4. The Morgan fingerprint density at radius 3 is 0.868 bits per heavy atom. The van der Waals surface area contributed by atoms with Gasteiger partial charge in [0, 0.05) is 43.1 Å². The van der Waals surface area contributed by atoms with E-state index in [4.69, 9.17) is 0 Å². The van der Waals surface area contributed by atoms with Crippen molar-refractivity contribution < 1.29 is 0 Å². The molecule has 0 saturated heterocycles. The van der Waals surface area contributed by atoms with Crippen molar-refractivity contribution in [2.75, 3.05) is 0 Å². The summed E-state index contributed by atoms with van der Waals surface area (Å²) in [6.07, 6.45) is 0. The first-order valence-corrected chi connectivity index (χ1v) is 24.4. The van der Waals surface area contributed by atoms with Crippen molar-refractivity contribution in [3.05, 3.63) is 229 Å². The third-order valence-corrected chi connectivity index (χ3v) is 16.5. The normalized spacial score (nSPS) is 17.7. The van der Waals surface area contributed by atoms with Crippen LogP contribution in [0, 0.1) is 10.8 Å². The SMILES string of the molecule is CC(C)(C)C1(C2(C(C)(C)C)c3ccccc3-c3c2cc(-n2c4ccccc4c4ccccc42)c2ccccc32)c2ccccc2-c2c1cc(-n1c3ccccc3c3ccccc31)c1ccccc21. The molecule has 68 heavy (non-hydrogen) atoms. The number of hydrogen-bond acceptors (Lipinski definition) is 0. The van der Waals surface area contributed by atoms with Gasteiger partial charge in [-0.25, -0.2) is 0 Å². The molecule has 10 aromatic carbocycles. The van der Waals surface area contributed by atoms with Crippen LogP contribution in [0.2, 0.25) is 0 Å². The van der Waals surface area contributed by atoms with Crippen LogP contribution in [0.3, 0.4) is 0 Å². The molecule has 2 atom stereocenters. The molecule has 2 nitrogen and oxygen atoms in total. The van der Waals surface area contributed by atoms with Crippen LogP contribution in [0.15, 0.2) is 206 Å². The summed E-state index contributed by atoms with van der Waals surface area (Å²) < 4.78 is 5.13. The molecule has 2 heteroatoms. The fourth-order valence-electron chi connectivity index (χ4n) is 14.5. The first-order chi connectivity index (χ1) is 33.1. The van der Waals surface area contributed by atoms with Crippen molar-refractivity contribution >= 4 is 65.2 Å². The van der Waals surface area contributed by atoms with Gasteiger partial charge in [0.1, 0.15) is 0 Å². The maximum Gasteiger partial charge on any atom is 0.0544 e. The Balaban J connectivity index is 1.22. The topological polar surface area (TPSA) is 9.86 Å². The van der Waals surface area contributed by atoms with Crippen molar-refractivity contribution in [1.29, 1.82) is 0 Å². The molecule has 0 saturated carbocycles. The molecule has 2 aromatic heterocycles. The highest BCUT2D eigenvalue weighted by atomic mass is 15.0. The Morgan fingerprint density at radius 1 is 0.279 bits per heavy atom. The standard InChI is InChI=1S/C66H52N2/c1-63(2,3)65(51-33-17-11-31-49(51)61-47-29-9-7-27-45(47)59(39-53(61)65)67-55-35-19-13-23-41(55)42-24-14-20-36-56(42)67)66(64(4,5)6)52-34-18-12-32-50(52)62-48-30-10-8-28-46(48)60(40-54(62)66)68-57-37-21-15-25-43(57)44-26-16-22-38-58(44)68/h7-40H,1-6H3. The predicted molar refractivity (Wildman–Crippen MR) is 288 cm³/mol. The van der Waals surface area contributed by atoms with Gasteiger partial charge >= 0.3 is 0 Å². The lowest BCUT2D eigenvalue weighted by molar-refractivity contribution is 0.0594. The van der Waals surface area contributed by atoms with Crippen LogP contribution in [-0.2, 0) is 10.8 Å². The lowest BCUT2D eigenvalue weighted by Crippen LogP contribution is -2.62. The van der Waals surface area contributed by atoms with E-state index in [0.717, 1.165) is 0 Å². The Bertz CT molecular complexity index is 3750. The second-order valence-corrected chi connectivity index (χ2v) is 21.6. The van der Waals surface area contributed by atoms with E-state index in [0.29, 0.717) is 0 Å². The minimum absolute atomic E-state index is 0.338. The maximum absolute atomic E-state index is 2.66. The molecule has 0 fully saturated rings. The van der Waals surface area contributed by atoms with Gasteiger partial charge in [-0.2, -0.15) is 0 Å². The number of nitrogens with zero attached hydrogens (tertiary/aromatic N) is 2. The minimum atomic E-state index is -0.608. The van der Waals surface area contributed by atoms with Gasteiger partial charge in [0.15, 0.2) is 0 Å². The Morgan fingerprint density at radius 2 is 0.544 bits per heavy atom. The van der Waals surface area contributed by atoms with E-state index < -0.39 is 10.8 Å². The van der Waals surface area contributed by atoms with Crippen molar-refractivity contribution in [2.24, 2.45) is 10.8 Å². The summed E-state index contributed by atoms with van der Waals surface area (Å²) >= 11 is 0. The van der Waals surface area contributed by atoms with E-state index in [2.05, 4.69) is 257 Å². The molecule has 0 spiro atoms. The fraction of sp³-hybridized carbons (Fsp3) is 0.152. The molecule has 0 radical (unpaired) electrons. The van der Waals surface area contributed by atoms with E-state index >= 15 is 0 Å². The molecule has 0 aliphatic heterocycles. The summed E-state index contributed by atoms with van der Waals surface area (Å²) in [5.74, 6) is 0. The number of hydrogen-bond donors (Lipinski definition) is 0. The third kappa shape index (κ3) is 4.64. The zero-order valence-corrected chi connectivity index (χ0v) is 39.5. The van der Waals surface area contributed by atoms with Crippen molar-refractivity contribution in [3.8, 4) is 33.6 Å². The van der Waals surface area contributed by atoms with Crippen molar-refractivity contribution in [3.63, 3.8) is 0 Å². The van der Waals surface area contributed by atoms with Crippen LogP contribution in [0.4, 0.5) is 0 Å². The summed E-state index contributed by atoms with van der Waals surface area (Å²) in [5, 5.41) is 10.2. The summed E-state index contributed by atoms with van der Waals surface area (Å²) in [4.78, 5) is 0. The second kappa shape index (κ2) is 13.5. The van der Waals surface area contributed by atoms with Crippen LogP contribution in [0.25, 0.3) is 98.8 Å². The van der Waals surface area contributed by atoms with E-state index in [1.54, 1.807) is 0 Å². The summed E-state index contributed by atoms with van der Waals surface area (Å²) in [6, 6.07) is 78.7. The number of aromatic nitrogens is 2. The molecule has 326 valence electrons. The van der Waals surface area contributed by atoms with Gasteiger partial charge in [0.05, 0.1) is 33.4 Å². The van der Waals surface area contributed by atoms with Gasteiger partial charge < -0.3 is 9.13 Å². The molecule has 12 aromatic rings. The fourth-order valence-corrected chi connectivity index (χ4v) is 14.5. The average molecular weight is 873 g/mol. The minimum Gasteiger partial charge on any atom is -0.309 e. The predicted octanol–water partition coefficient (Wildman–Crippen LogP) is 17.5. The zero-order chi connectivity index (χ0) is 45.9. The van der Waals surface area contributed by atoms with Crippen LogP contribution < -0.4 is 0 Å². The third-order valence-electron chi connectivity index (χ3n) is 16.5. The van der Waals surface area contributed by atoms with Crippen LogP contribution in [0.5, 0.6) is 0 Å². The quantitative estimate of drug-likeness (QED) is 0.167. The highest BCUT2D eigenvalue weighted by Crippen LogP contribution is 2.76. The summed E-state index contributed by atoms with van der Waals surface area (Å²) in [7, 11) is 0. The molecular weight excluding hydrogens is 821 g/mol. The molecule has 0 N–H and O–H groups in total. The molecule has 2 unspecified atom stereocenters. The average Bonchev–Trinajstić information content (AvgIpc) is 4.06. The lowest BCUT2D eigenvalue weighted by Gasteiger charge is -2.62. The molecule has 2 heterocycles. The zero-order valence-electron chi connectivity index (χ0n) is 39.5. The Kier molecular flexibility index (Phi) is 7.83. The summed E-state index contributed by atoms with van der Waals surface area (Å²) in [6.45, 7) is 15.2. The van der Waals surface area contributed by atoms with E-state index in [1.807, 2.05) is 0 Å². The molecule has 0 bridgehead atoms. The number of benzene rings is 10. The van der Waals surface area contributed by atoms with E-state index in [-0.39, 0.29) is 10.8 Å². The monoisotopic (exact) mass is 872 g/mol. The Labute approximate surface area is 397 Å². The van der Waals surface area contributed by atoms with Gasteiger partial charge in [0.25, 0.3) is 0 Å². The molecule has 2 aliphatic rings. The number of para-hydroxylation sites is 4. The first-order valence-electron chi connectivity index (χ1n) is 24.4. The van der Waals surface area contributed by atoms with Gasteiger partial charge in [-0.05, 0) is 103 Å².